The average molecular weight is 188 g/mol. The first-order chi connectivity index (χ1) is 5.90. The fraction of sp³-hybridized carbons (Fsp3) is 0.750. The molecule has 0 spiro atoms. The number of nitriles is 1. The van der Waals surface area contributed by atoms with Crippen molar-refractivity contribution in [1.29, 1.82) is 5.26 Å². The second-order valence-electron chi connectivity index (χ2n) is 3.39. The van der Waals surface area contributed by atoms with Crippen LogP contribution in [0, 0.1) is 11.3 Å². The van der Waals surface area contributed by atoms with Gasteiger partial charge in [0.05, 0.1) is 6.07 Å². The van der Waals surface area contributed by atoms with Crippen molar-refractivity contribution in [3.63, 3.8) is 0 Å². The van der Waals surface area contributed by atoms with Crippen LogP contribution in [0.2, 0.25) is 0 Å². The summed E-state index contributed by atoms with van der Waals surface area (Å²) >= 11 is 0. The monoisotopic (exact) mass is 188 g/mol. The van der Waals surface area contributed by atoms with Crippen molar-refractivity contribution in [2.24, 2.45) is 0 Å². The molecule has 1 N–H and O–H groups in total. The van der Waals surface area contributed by atoms with E-state index >= 15 is 0 Å². The number of hydrogen-bond acceptors (Lipinski definition) is 2. The van der Waals surface area contributed by atoms with Gasteiger partial charge in [0.15, 0.2) is 0 Å². The third kappa shape index (κ3) is 1.94. The first-order valence-corrected chi connectivity index (χ1v) is 4.01. The number of carbonyl (C=O) groups is 1. The van der Waals surface area contributed by atoms with E-state index in [2.05, 4.69) is 5.32 Å². The van der Waals surface area contributed by atoms with Crippen molar-refractivity contribution >= 4 is 5.91 Å². The average Bonchev–Trinajstić information content (AvgIpc) is 1.94. The number of nitrogens with one attached hydrogen (secondary N) is 1. The van der Waals surface area contributed by atoms with E-state index in [1.54, 1.807) is 0 Å². The van der Waals surface area contributed by atoms with E-state index in [-0.39, 0.29) is 0 Å². The Morgan fingerprint density at radius 3 is 2.38 bits per heavy atom. The lowest BCUT2D eigenvalue weighted by Gasteiger charge is -2.36. The summed E-state index contributed by atoms with van der Waals surface area (Å²) in [6.07, 6.45) is 1.72. The Morgan fingerprint density at radius 2 is 2.15 bits per heavy atom. The first-order valence-electron chi connectivity index (χ1n) is 4.01. The molecule has 5 heteroatoms. The van der Waals surface area contributed by atoms with E-state index in [1.807, 2.05) is 6.07 Å². The van der Waals surface area contributed by atoms with Crippen LogP contribution in [0.3, 0.4) is 0 Å². The minimum atomic E-state index is -3.40. The van der Waals surface area contributed by atoms with Gasteiger partial charge in [0.2, 0.25) is 0 Å². The van der Waals surface area contributed by atoms with Gasteiger partial charge in [-0.25, -0.2) is 0 Å². The number of alkyl halides is 2. The van der Waals surface area contributed by atoms with Crippen molar-refractivity contribution in [1.82, 2.24) is 5.32 Å². The van der Waals surface area contributed by atoms with Crippen molar-refractivity contribution in [3.05, 3.63) is 0 Å². The van der Waals surface area contributed by atoms with Crippen LogP contribution in [-0.2, 0) is 4.79 Å². The second kappa shape index (κ2) is 2.95. The van der Waals surface area contributed by atoms with Crippen LogP contribution in [-0.4, -0.2) is 17.4 Å². The summed E-state index contributed by atoms with van der Waals surface area (Å²) in [4.78, 5) is 10.8. The smallest absolute Gasteiger partial charge is 0.321 e. The van der Waals surface area contributed by atoms with E-state index in [0.717, 1.165) is 6.42 Å². The second-order valence-corrected chi connectivity index (χ2v) is 3.39. The lowest BCUT2D eigenvalue weighted by atomic mass is 9.78. The van der Waals surface area contributed by atoms with Gasteiger partial charge in [-0.3, -0.25) is 4.79 Å². The van der Waals surface area contributed by atoms with Gasteiger partial charge in [-0.05, 0) is 19.3 Å². The highest BCUT2D eigenvalue weighted by molar-refractivity contribution is 5.84. The minimum Gasteiger partial charge on any atom is -0.333 e. The van der Waals surface area contributed by atoms with E-state index in [0.29, 0.717) is 19.8 Å². The zero-order valence-electron chi connectivity index (χ0n) is 7.23. The van der Waals surface area contributed by atoms with Crippen LogP contribution < -0.4 is 5.32 Å². The number of hydrogen-bond donors (Lipinski definition) is 1. The molecule has 0 atom stereocenters. The Bertz CT molecular complexity index is 260. The summed E-state index contributed by atoms with van der Waals surface area (Å²) in [7, 11) is 0. The Labute approximate surface area is 74.7 Å². The SMILES string of the molecule is CC(F)(F)C(=O)NC1(C#N)CCC1. The van der Waals surface area contributed by atoms with Crippen molar-refractivity contribution in [2.75, 3.05) is 0 Å². The molecule has 0 heterocycles. The minimum absolute atomic E-state index is 0.464. The van der Waals surface area contributed by atoms with Crippen molar-refractivity contribution in [2.45, 2.75) is 37.6 Å². The highest BCUT2D eigenvalue weighted by Crippen LogP contribution is 2.31. The summed E-state index contributed by atoms with van der Waals surface area (Å²) in [6, 6.07) is 1.85. The predicted molar refractivity (Wildman–Crippen MR) is 41.0 cm³/mol. The summed E-state index contributed by atoms with van der Waals surface area (Å²) in [5, 5.41) is 10.7. The molecular weight excluding hydrogens is 178 g/mol. The van der Waals surface area contributed by atoms with Gasteiger partial charge in [-0.15, -0.1) is 0 Å². The molecule has 1 saturated carbocycles. The van der Waals surface area contributed by atoms with Gasteiger partial charge in [0.25, 0.3) is 5.91 Å². The van der Waals surface area contributed by atoms with Crippen molar-refractivity contribution < 1.29 is 13.6 Å². The van der Waals surface area contributed by atoms with Crippen LogP contribution in [0.25, 0.3) is 0 Å². The highest BCUT2D eigenvalue weighted by atomic mass is 19.3. The zero-order chi connectivity index (χ0) is 10.1. The summed E-state index contributed by atoms with van der Waals surface area (Å²) in [6.45, 7) is 0.520. The Morgan fingerprint density at radius 1 is 1.62 bits per heavy atom. The summed E-state index contributed by atoms with van der Waals surface area (Å²) in [5.41, 5.74) is -1.03. The molecular formula is C8H10F2N2O. The molecule has 0 saturated heterocycles. The molecule has 1 rings (SSSR count). The molecule has 0 aromatic rings. The van der Waals surface area contributed by atoms with E-state index < -0.39 is 17.4 Å². The van der Waals surface area contributed by atoms with Gasteiger partial charge < -0.3 is 5.32 Å². The maximum Gasteiger partial charge on any atom is 0.321 e. The normalized spacial score (nSPS) is 19.8. The lowest BCUT2D eigenvalue weighted by Crippen LogP contribution is -2.56. The van der Waals surface area contributed by atoms with Crippen LogP contribution in [0.1, 0.15) is 26.2 Å². The molecule has 0 aromatic carbocycles. The fourth-order valence-corrected chi connectivity index (χ4v) is 1.12. The third-order valence-corrected chi connectivity index (χ3v) is 2.17. The quantitative estimate of drug-likeness (QED) is 0.708. The molecule has 72 valence electrons. The Hall–Kier alpha value is -1.18. The summed E-state index contributed by atoms with van der Waals surface area (Å²) < 4.78 is 24.8. The topological polar surface area (TPSA) is 52.9 Å². The van der Waals surface area contributed by atoms with Gasteiger partial charge in [0, 0.05) is 6.92 Å². The maximum absolute atomic E-state index is 12.4. The molecule has 13 heavy (non-hydrogen) atoms. The number of rotatable bonds is 2. The molecule has 3 nitrogen and oxygen atoms in total. The standard InChI is InChI=1S/C8H10F2N2O/c1-7(9,10)6(13)12-8(5-11)3-2-4-8/h2-4H2,1H3,(H,12,13). The van der Waals surface area contributed by atoms with Crippen LogP contribution >= 0.6 is 0 Å². The molecule has 0 radical (unpaired) electrons. The number of carbonyl (C=O) groups excluding carboxylic acids is 1. The highest BCUT2D eigenvalue weighted by Gasteiger charge is 2.43. The van der Waals surface area contributed by atoms with Crippen LogP contribution in [0.15, 0.2) is 0 Å². The van der Waals surface area contributed by atoms with E-state index in [9.17, 15) is 13.6 Å². The molecule has 0 aliphatic heterocycles. The van der Waals surface area contributed by atoms with E-state index in [4.69, 9.17) is 5.26 Å². The molecule has 1 fully saturated rings. The molecule has 0 unspecified atom stereocenters. The number of nitrogens with zero attached hydrogens (tertiary/aromatic N) is 1. The molecule has 0 bridgehead atoms. The molecule has 1 amide bonds. The largest absolute Gasteiger partial charge is 0.333 e. The number of halogens is 2. The third-order valence-electron chi connectivity index (χ3n) is 2.17. The van der Waals surface area contributed by atoms with Crippen molar-refractivity contribution in [3.8, 4) is 6.07 Å². The van der Waals surface area contributed by atoms with E-state index in [1.165, 1.54) is 0 Å². The van der Waals surface area contributed by atoms with Gasteiger partial charge in [-0.1, -0.05) is 0 Å². The number of amides is 1. The Balaban J connectivity index is 2.59. The Kier molecular flexibility index (Phi) is 2.24. The molecule has 1 aliphatic carbocycles. The maximum atomic E-state index is 12.4. The lowest BCUT2D eigenvalue weighted by molar-refractivity contribution is -0.145. The van der Waals surface area contributed by atoms with Gasteiger partial charge in [-0.2, -0.15) is 14.0 Å². The first kappa shape index (κ1) is 9.90. The fourth-order valence-electron chi connectivity index (χ4n) is 1.12. The zero-order valence-corrected chi connectivity index (χ0v) is 7.23. The summed E-state index contributed by atoms with van der Waals surface area (Å²) in [5.74, 6) is -4.77. The van der Waals surface area contributed by atoms with Crippen LogP contribution in [0.4, 0.5) is 8.78 Å². The predicted octanol–water partition coefficient (Wildman–Crippen LogP) is 1.20. The van der Waals surface area contributed by atoms with Gasteiger partial charge >= 0.3 is 5.92 Å². The molecule has 1 aliphatic rings. The van der Waals surface area contributed by atoms with Crippen LogP contribution in [0.5, 0.6) is 0 Å². The van der Waals surface area contributed by atoms with Gasteiger partial charge in [0.1, 0.15) is 5.54 Å². The molecule has 0 aromatic heterocycles.